The first kappa shape index (κ1) is 15.7. The van der Waals surface area contributed by atoms with Crippen LogP contribution in [0.3, 0.4) is 0 Å². The van der Waals surface area contributed by atoms with Crippen molar-refractivity contribution in [3.05, 3.63) is 12.2 Å². The Labute approximate surface area is 102 Å². The van der Waals surface area contributed by atoms with Crippen molar-refractivity contribution in [3.8, 4) is 0 Å². The molecule has 0 aliphatic heterocycles. The molecule has 1 heteroatoms. The normalized spacial score (nSPS) is 12.5. The van der Waals surface area contributed by atoms with Crippen molar-refractivity contribution in [3.63, 3.8) is 0 Å². The van der Waals surface area contributed by atoms with E-state index in [-0.39, 0.29) is 0 Å². The minimum Gasteiger partial charge on any atom is -0.386 e. The predicted molar refractivity (Wildman–Crippen MR) is 72.7 cm³/mol. The fraction of sp³-hybridized carbons (Fsp3) is 0.867. The van der Waals surface area contributed by atoms with E-state index in [1.165, 1.54) is 12.8 Å². The van der Waals surface area contributed by atoms with Gasteiger partial charge in [0.1, 0.15) is 0 Å². The third-order valence-electron chi connectivity index (χ3n) is 3.08. The maximum atomic E-state index is 10.5. The maximum absolute atomic E-state index is 10.5. The highest BCUT2D eigenvalue weighted by atomic mass is 16.3. The van der Waals surface area contributed by atoms with Gasteiger partial charge in [-0.25, -0.2) is 0 Å². The van der Waals surface area contributed by atoms with Gasteiger partial charge in [-0.1, -0.05) is 71.4 Å². The lowest BCUT2D eigenvalue weighted by atomic mass is 9.90. The second kappa shape index (κ2) is 9.89. The lowest BCUT2D eigenvalue weighted by molar-refractivity contribution is 0.0671. The predicted octanol–water partition coefficient (Wildman–Crippen LogP) is 4.84. The van der Waals surface area contributed by atoms with Crippen LogP contribution in [0.1, 0.15) is 78.6 Å². The highest BCUT2D eigenvalue weighted by molar-refractivity contribution is 5.00. The zero-order chi connectivity index (χ0) is 12.3. The van der Waals surface area contributed by atoms with Crippen LogP contribution in [0.4, 0.5) is 0 Å². The van der Waals surface area contributed by atoms with Gasteiger partial charge in [0.15, 0.2) is 0 Å². The van der Waals surface area contributed by atoms with Crippen LogP contribution < -0.4 is 0 Å². The molecule has 0 radical (unpaired) electrons. The van der Waals surface area contributed by atoms with E-state index < -0.39 is 5.60 Å². The Hall–Kier alpha value is -0.300. The molecule has 1 nitrogen and oxygen atoms in total. The molecule has 0 aromatic heterocycles. The molecule has 0 unspecified atom stereocenters. The van der Waals surface area contributed by atoms with Gasteiger partial charge in [0.05, 0.1) is 5.60 Å². The second-order valence-corrected chi connectivity index (χ2v) is 4.86. The molecule has 0 aliphatic rings. The Morgan fingerprint density at radius 1 is 0.875 bits per heavy atom. The number of hydrogen-bond acceptors (Lipinski definition) is 1. The van der Waals surface area contributed by atoms with Crippen LogP contribution in [-0.4, -0.2) is 10.7 Å². The van der Waals surface area contributed by atoms with E-state index >= 15 is 0 Å². The topological polar surface area (TPSA) is 20.2 Å². The average molecular weight is 226 g/mol. The van der Waals surface area contributed by atoms with Gasteiger partial charge in [-0.05, 0) is 19.3 Å². The zero-order valence-corrected chi connectivity index (χ0v) is 11.5. The Balaban J connectivity index is 4.10. The molecule has 0 saturated heterocycles. The van der Waals surface area contributed by atoms with E-state index in [1.54, 1.807) is 0 Å². The number of rotatable bonds is 10. The first-order valence-corrected chi connectivity index (χ1v) is 7.08. The van der Waals surface area contributed by atoms with Crippen LogP contribution in [0.5, 0.6) is 0 Å². The third kappa shape index (κ3) is 7.92. The SMILES string of the molecule is CCCCC=CC(O)(CCCC)CCCC. The molecular formula is C15H30O. The molecule has 0 aliphatic carbocycles. The first-order chi connectivity index (χ1) is 7.68. The minimum absolute atomic E-state index is 0.528. The van der Waals surface area contributed by atoms with Gasteiger partial charge in [0.2, 0.25) is 0 Å². The van der Waals surface area contributed by atoms with E-state index in [4.69, 9.17) is 0 Å². The fourth-order valence-electron chi connectivity index (χ4n) is 1.88. The number of unbranched alkanes of at least 4 members (excludes halogenated alkanes) is 4. The van der Waals surface area contributed by atoms with Crippen molar-refractivity contribution in [2.45, 2.75) is 84.2 Å². The van der Waals surface area contributed by atoms with Crippen LogP contribution >= 0.6 is 0 Å². The summed E-state index contributed by atoms with van der Waals surface area (Å²) in [6.45, 7) is 6.57. The minimum atomic E-state index is -0.528. The smallest absolute Gasteiger partial charge is 0.0827 e. The Morgan fingerprint density at radius 3 is 1.81 bits per heavy atom. The van der Waals surface area contributed by atoms with E-state index in [1.807, 2.05) is 0 Å². The summed E-state index contributed by atoms with van der Waals surface area (Å²) in [6.07, 6.45) is 14.2. The summed E-state index contributed by atoms with van der Waals surface area (Å²) in [4.78, 5) is 0. The highest BCUT2D eigenvalue weighted by Gasteiger charge is 2.21. The molecular weight excluding hydrogens is 196 g/mol. The summed E-state index contributed by atoms with van der Waals surface area (Å²) < 4.78 is 0. The molecule has 0 bridgehead atoms. The summed E-state index contributed by atoms with van der Waals surface area (Å²) in [5.41, 5.74) is -0.528. The molecule has 96 valence electrons. The quantitative estimate of drug-likeness (QED) is 0.417. The van der Waals surface area contributed by atoms with Crippen molar-refractivity contribution >= 4 is 0 Å². The molecule has 0 rings (SSSR count). The number of hydrogen-bond donors (Lipinski definition) is 1. The Morgan fingerprint density at radius 2 is 1.38 bits per heavy atom. The van der Waals surface area contributed by atoms with Gasteiger partial charge < -0.3 is 5.11 Å². The molecule has 0 aromatic carbocycles. The maximum Gasteiger partial charge on any atom is 0.0827 e. The van der Waals surface area contributed by atoms with E-state index in [9.17, 15) is 5.11 Å². The fourth-order valence-corrected chi connectivity index (χ4v) is 1.88. The zero-order valence-electron chi connectivity index (χ0n) is 11.5. The van der Waals surface area contributed by atoms with E-state index in [0.717, 1.165) is 44.9 Å². The van der Waals surface area contributed by atoms with Gasteiger partial charge >= 0.3 is 0 Å². The third-order valence-corrected chi connectivity index (χ3v) is 3.08. The van der Waals surface area contributed by atoms with Crippen LogP contribution in [-0.2, 0) is 0 Å². The first-order valence-electron chi connectivity index (χ1n) is 7.08. The lowest BCUT2D eigenvalue weighted by Crippen LogP contribution is -2.25. The second-order valence-electron chi connectivity index (χ2n) is 4.86. The molecule has 16 heavy (non-hydrogen) atoms. The van der Waals surface area contributed by atoms with Gasteiger partial charge in [0.25, 0.3) is 0 Å². The van der Waals surface area contributed by atoms with Crippen LogP contribution in [0.25, 0.3) is 0 Å². The molecule has 0 spiro atoms. The van der Waals surface area contributed by atoms with E-state index in [2.05, 4.69) is 32.9 Å². The molecule has 0 amide bonds. The van der Waals surface area contributed by atoms with Crippen molar-refractivity contribution in [1.82, 2.24) is 0 Å². The standard InChI is InChI=1S/C15H30O/c1-4-7-10-11-14-15(16,12-8-5-2)13-9-6-3/h11,14,16H,4-10,12-13H2,1-3H3. The summed E-state index contributed by atoms with van der Waals surface area (Å²) >= 11 is 0. The van der Waals surface area contributed by atoms with Crippen molar-refractivity contribution in [2.24, 2.45) is 0 Å². The lowest BCUT2D eigenvalue weighted by Gasteiger charge is -2.24. The number of allylic oxidation sites excluding steroid dienone is 1. The van der Waals surface area contributed by atoms with Crippen LogP contribution in [0, 0.1) is 0 Å². The monoisotopic (exact) mass is 226 g/mol. The van der Waals surface area contributed by atoms with E-state index in [0.29, 0.717) is 0 Å². The van der Waals surface area contributed by atoms with Crippen LogP contribution in [0.15, 0.2) is 12.2 Å². The molecule has 0 saturated carbocycles. The van der Waals surface area contributed by atoms with Crippen molar-refractivity contribution < 1.29 is 5.11 Å². The molecule has 0 aromatic rings. The van der Waals surface area contributed by atoms with Crippen molar-refractivity contribution in [1.29, 1.82) is 0 Å². The van der Waals surface area contributed by atoms with Gasteiger partial charge in [-0.2, -0.15) is 0 Å². The average Bonchev–Trinajstić information content (AvgIpc) is 2.30. The van der Waals surface area contributed by atoms with Gasteiger partial charge in [0, 0.05) is 0 Å². The molecule has 0 heterocycles. The largest absolute Gasteiger partial charge is 0.386 e. The summed E-state index contributed by atoms with van der Waals surface area (Å²) in [5, 5.41) is 10.5. The molecule has 1 N–H and O–H groups in total. The van der Waals surface area contributed by atoms with Crippen LogP contribution in [0.2, 0.25) is 0 Å². The molecule has 0 fully saturated rings. The summed E-state index contributed by atoms with van der Waals surface area (Å²) in [7, 11) is 0. The van der Waals surface area contributed by atoms with Crippen molar-refractivity contribution in [2.75, 3.05) is 0 Å². The highest BCUT2D eigenvalue weighted by Crippen LogP contribution is 2.23. The summed E-state index contributed by atoms with van der Waals surface area (Å²) in [5.74, 6) is 0. The Bertz CT molecular complexity index is 164. The van der Waals surface area contributed by atoms with Gasteiger partial charge in [-0.3, -0.25) is 0 Å². The van der Waals surface area contributed by atoms with Gasteiger partial charge in [-0.15, -0.1) is 0 Å². The number of aliphatic hydroxyl groups is 1. The summed E-state index contributed by atoms with van der Waals surface area (Å²) in [6, 6.07) is 0. The Kier molecular flexibility index (Phi) is 9.71. The molecule has 0 atom stereocenters.